The molecule has 1 amide bonds. The number of aromatic nitrogens is 1. The third-order valence-corrected chi connectivity index (χ3v) is 4.40. The molecule has 0 aliphatic carbocycles. The molecule has 122 valence electrons. The number of rotatable bonds is 4. The maximum atomic E-state index is 13.8. The number of para-hydroxylation sites is 1. The maximum Gasteiger partial charge on any atom is 0.244 e. The average Bonchev–Trinajstić information content (AvgIpc) is 2.82. The van der Waals surface area contributed by atoms with Crippen LogP contribution in [-0.2, 0) is 11.3 Å². The van der Waals surface area contributed by atoms with Crippen molar-refractivity contribution in [1.29, 1.82) is 0 Å². The Morgan fingerprint density at radius 3 is 2.75 bits per heavy atom. The van der Waals surface area contributed by atoms with Gasteiger partial charge in [0, 0.05) is 26.6 Å². The van der Waals surface area contributed by atoms with Gasteiger partial charge in [-0.1, -0.05) is 34.1 Å². The Kier molecular flexibility index (Phi) is 4.49. The lowest BCUT2D eigenvalue weighted by Gasteiger charge is -2.10. The van der Waals surface area contributed by atoms with Gasteiger partial charge in [-0.2, -0.15) is 0 Å². The fourth-order valence-corrected chi connectivity index (χ4v) is 3.07. The van der Waals surface area contributed by atoms with Crippen LogP contribution < -0.4 is 5.32 Å². The molecule has 0 atom stereocenters. The normalized spacial score (nSPS) is 10.8. The number of nitrogens with one attached hydrogen (secondary N) is 1. The van der Waals surface area contributed by atoms with E-state index in [-0.39, 0.29) is 18.1 Å². The zero-order valence-corrected chi connectivity index (χ0v) is 14.4. The van der Waals surface area contributed by atoms with Crippen molar-refractivity contribution in [3.8, 4) is 0 Å². The Morgan fingerprint density at radius 2 is 2.04 bits per heavy atom. The largest absolute Gasteiger partial charge is 0.335 e. The molecule has 3 rings (SSSR count). The zero-order valence-electron chi connectivity index (χ0n) is 12.8. The summed E-state index contributed by atoms with van der Waals surface area (Å²) in [5.74, 6) is -0.877. The van der Waals surface area contributed by atoms with Crippen molar-refractivity contribution in [2.24, 2.45) is 0 Å². The first kappa shape index (κ1) is 16.4. The first-order valence-electron chi connectivity index (χ1n) is 7.29. The van der Waals surface area contributed by atoms with Crippen molar-refractivity contribution in [3.63, 3.8) is 0 Å². The molecule has 3 aromatic rings. The molecule has 0 saturated carbocycles. The number of amides is 1. The lowest BCUT2D eigenvalue weighted by atomic mass is 10.1. The van der Waals surface area contributed by atoms with Crippen LogP contribution in [0.3, 0.4) is 0 Å². The Balaban J connectivity index is 1.91. The van der Waals surface area contributed by atoms with Gasteiger partial charge in [-0.15, -0.1) is 0 Å². The minimum Gasteiger partial charge on any atom is -0.335 e. The van der Waals surface area contributed by atoms with Crippen molar-refractivity contribution < 1.29 is 14.0 Å². The fraction of sp³-hybridized carbons (Fsp3) is 0.111. The Labute approximate surface area is 146 Å². The highest BCUT2D eigenvalue weighted by atomic mass is 79.9. The Bertz CT molecular complexity index is 950. The third-order valence-electron chi connectivity index (χ3n) is 3.90. The van der Waals surface area contributed by atoms with Crippen LogP contribution in [0, 0.1) is 12.7 Å². The van der Waals surface area contributed by atoms with E-state index in [1.807, 2.05) is 24.3 Å². The monoisotopic (exact) mass is 388 g/mol. The van der Waals surface area contributed by atoms with Crippen molar-refractivity contribution in [2.45, 2.75) is 13.5 Å². The molecule has 0 unspecified atom stereocenters. The van der Waals surface area contributed by atoms with Gasteiger partial charge in [0.15, 0.2) is 6.29 Å². The number of carbonyl (C=O) groups is 2. The molecule has 6 heteroatoms. The standard InChI is InChI=1S/C18H14BrFN2O2/c1-11-14(10-23)13-4-2-3-5-17(13)22(11)9-18(24)21-16-7-6-12(19)8-15(16)20/h2-8,10H,9H2,1H3,(H,21,24). The number of aldehydes is 1. The summed E-state index contributed by atoms with van der Waals surface area (Å²) in [5.41, 5.74) is 2.18. The number of carbonyl (C=O) groups excluding carboxylic acids is 2. The highest BCUT2D eigenvalue weighted by Gasteiger charge is 2.16. The molecule has 1 N–H and O–H groups in total. The second-order valence-electron chi connectivity index (χ2n) is 5.39. The smallest absolute Gasteiger partial charge is 0.244 e. The summed E-state index contributed by atoms with van der Waals surface area (Å²) in [6.45, 7) is 1.78. The number of halogens is 2. The third kappa shape index (κ3) is 2.97. The molecular weight excluding hydrogens is 375 g/mol. The summed E-state index contributed by atoms with van der Waals surface area (Å²) >= 11 is 3.17. The van der Waals surface area contributed by atoms with Gasteiger partial charge in [0.25, 0.3) is 0 Å². The van der Waals surface area contributed by atoms with Crippen molar-refractivity contribution >= 4 is 44.7 Å². The van der Waals surface area contributed by atoms with Gasteiger partial charge >= 0.3 is 0 Å². The number of fused-ring (bicyclic) bond motifs is 1. The molecular formula is C18H14BrFN2O2. The van der Waals surface area contributed by atoms with E-state index in [2.05, 4.69) is 21.2 Å². The number of benzene rings is 2. The second-order valence-corrected chi connectivity index (χ2v) is 6.31. The number of hydrogen-bond donors (Lipinski definition) is 1. The first-order valence-corrected chi connectivity index (χ1v) is 8.08. The van der Waals surface area contributed by atoms with E-state index in [0.29, 0.717) is 15.7 Å². The van der Waals surface area contributed by atoms with E-state index < -0.39 is 5.82 Å². The minimum absolute atomic E-state index is 0.00428. The van der Waals surface area contributed by atoms with Gasteiger partial charge in [-0.25, -0.2) is 4.39 Å². The fourth-order valence-electron chi connectivity index (χ4n) is 2.73. The quantitative estimate of drug-likeness (QED) is 0.677. The highest BCUT2D eigenvalue weighted by Crippen LogP contribution is 2.25. The van der Waals surface area contributed by atoms with E-state index >= 15 is 0 Å². The van der Waals surface area contributed by atoms with Crippen LogP contribution in [0.1, 0.15) is 16.1 Å². The molecule has 4 nitrogen and oxygen atoms in total. The molecule has 0 saturated heterocycles. The van der Waals surface area contributed by atoms with E-state index in [4.69, 9.17) is 0 Å². The summed E-state index contributed by atoms with van der Waals surface area (Å²) in [6, 6.07) is 11.8. The summed E-state index contributed by atoms with van der Waals surface area (Å²) < 4.78 is 16.2. The Morgan fingerprint density at radius 1 is 1.29 bits per heavy atom. The van der Waals surface area contributed by atoms with E-state index in [0.717, 1.165) is 17.2 Å². The molecule has 0 bridgehead atoms. The molecule has 0 spiro atoms. The zero-order chi connectivity index (χ0) is 17.3. The second kappa shape index (κ2) is 6.57. The maximum absolute atomic E-state index is 13.8. The number of anilines is 1. The highest BCUT2D eigenvalue weighted by molar-refractivity contribution is 9.10. The first-order chi connectivity index (χ1) is 11.5. The van der Waals surface area contributed by atoms with Gasteiger partial charge in [-0.3, -0.25) is 9.59 Å². The summed E-state index contributed by atoms with van der Waals surface area (Å²) in [6.07, 6.45) is 0.792. The van der Waals surface area contributed by atoms with Crippen molar-refractivity contribution in [2.75, 3.05) is 5.32 Å². The predicted octanol–water partition coefficient (Wildman–Crippen LogP) is 4.30. The summed E-state index contributed by atoms with van der Waals surface area (Å²) in [5, 5.41) is 3.36. The van der Waals surface area contributed by atoms with Crippen molar-refractivity contribution in [1.82, 2.24) is 4.57 Å². The molecule has 0 aliphatic heterocycles. The predicted molar refractivity (Wildman–Crippen MR) is 94.8 cm³/mol. The van der Waals surface area contributed by atoms with Crippen LogP contribution in [0.5, 0.6) is 0 Å². The Hall–Kier alpha value is -2.47. The average molecular weight is 389 g/mol. The molecule has 1 heterocycles. The molecule has 0 aliphatic rings. The SMILES string of the molecule is Cc1c(C=O)c2ccccc2n1CC(=O)Nc1ccc(Br)cc1F. The van der Waals surface area contributed by atoms with E-state index in [1.165, 1.54) is 12.1 Å². The van der Waals surface area contributed by atoms with Gasteiger partial charge in [-0.05, 0) is 31.2 Å². The minimum atomic E-state index is -0.514. The number of hydrogen-bond acceptors (Lipinski definition) is 2. The molecule has 0 fully saturated rings. The van der Waals surface area contributed by atoms with E-state index in [9.17, 15) is 14.0 Å². The van der Waals surface area contributed by atoms with Crippen LogP contribution in [0.25, 0.3) is 10.9 Å². The van der Waals surface area contributed by atoms with Gasteiger partial charge < -0.3 is 9.88 Å². The van der Waals surface area contributed by atoms with Gasteiger partial charge in [0.05, 0.1) is 5.69 Å². The van der Waals surface area contributed by atoms with Gasteiger partial charge in [0.1, 0.15) is 12.4 Å². The van der Waals surface area contributed by atoms with Crippen LogP contribution in [0.15, 0.2) is 46.9 Å². The topological polar surface area (TPSA) is 51.1 Å². The summed E-state index contributed by atoms with van der Waals surface area (Å²) in [7, 11) is 0. The van der Waals surface area contributed by atoms with Crippen molar-refractivity contribution in [3.05, 3.63) is 64.0 Å². The summed E-state index contributed by atoms with van der Waals surface area (Å²) in [4.78, 5) is 23.7. The lowest BCUT2D eigenvalue weighted by Crippen LogP contribution is -2.20. The lowest BCUT2D eigenvalue weighted by molar-refractivity contribution is -0.116. The van der Waals surface area contributed by atoms with Gasteiger partial charge in [0.2, 0.25) is 5.91 Å². The van der Waals surface area contributed by atoms with Crippen LogP contribution >= 0.6 is 15.9 Å². The molecule has 24 heavy (non-hydrogen) atoms. The molecule has 1 aromatic heterocycles. The molecule has 2 aromatic carbocycles. The number of nitrogens with zero attached hydrogens (tertiary/aromatic N) is 1. The van der Waals surface area contributed by atoms with Crippen LogP contribution in [0.2, 0.25) is 0 Å². The van der Waals surface area contributed by atoms with Crippen LogP contribution in [-0.4, -0.2) is 16.8 Å². The van der Waals surface area contributed by atoms with E-state index in [1.54, 1.807) is 17.6 Å². The molecule has 0 radical (unpaired) electrons. The van der Waals surface area contributed by atoms with Crippen LogP contribution in [0.4, 0.5) is 10.1 Å².